The van der Waals surface area contributed by atoms with Crippen LogP contribution in [0, 0.1) is 17.2 Å². The number of carbonyl (C=O) groups excluding carboxylic acids is 1. The number of ether oxygens (including phenoxy) is 1. The average Bonchev–Trinajstić information content (AvgIpc) is 2.29. The summed E-state index contributed by atoms with van der Waals surface area (Å²) in [6.07, 6.45) is 1.08. The topological polar surface area (TPSA) is 50.1 Å². The highest BCUT2D eigenvalue weighted by molar-refractivity contribution is 5.91. The van der Waals surface area contributed by atoms with Crippen LogP contribution in [0.25, 0.3) is 0 Å². The van der Waals surface area contributed by atoms with Gasteiger partial charge in [-0.15, -0.1) is 0 Å². The van der Waals surface area contributed by atoms with E-state index >= 15 is 0 Å². The Balaban J connectivity index is 2.65. The Morgan fingerprint density at radius 3 is 2.76 bits per heavy atom. The molecule has 17 heavy (non-hydrogen) atoms. The Bertz CT molecular complexity index is 418. The molecule has 0 aliphatic heterocycles. The predicted octanol–water partition coefficient (Wildman–Crippen LogP) is 2.96. The second-order valence-corrected chi connectivity index (χ2v) is 4.31. The van der Waals surface area contributed by atoms with Crippen LogP contribution in [-0.2, 0) is 11.2 Å². The molecule has 0 bridgehead atoms. The highest BCUT2D eigenvalue weighted by atomic mass is 16.5. The van der Waals surface area contributed by atoms with E-state index in [-0.39, 0.29) is 12.4 Å². The minimum Gasteiger partial charge on any atom is -0.462 e. The lowest BCUT2D eigenvalue weighted by Crippen LogP contribution is -2.10. The molecule has 0 fully saturated rings. The highest BCUT2D eigenvalue weighted by Gasteiger charge is 2.11. The summed E-state index contributed by atoms with van der Waals surface area (Å²) in [4.78, 5) is 11.8. The summed E-state index contributed by atoms with van der Waals surface area (Å²) in [5.74, 6) is 0.175. The van der Waals surface area contributed by atoms with Crippen molar-refractivity contribution in [3.8, 4) is 6.07 Å². The van der Waals surface area contributed by atoms with Crippen LogP contribution in [0.1, 0.15) is 36.2 Å². The summed E-state index contributed by atoms with van der Waals surface area (Å²) >= 11 is 0. The van der Waals surface area contributed by atoms with Crippen molar-refractivity contribution in [2.24, 2.45) is 5.92 Å². The largest absolute Gasteiger partial charge is 0.462 e. The Kier molecular flexibility index (Phi) is 5.22. The minimum atomic E-state index is -0.337. The molecule has 1 aromatic rings. The molecule has 3 heteroatoms. The molecule has 1 rings (SSSR count). The van der Waals surface area contributed by atoms with Gasteiger partial charge < -0.3 is 4.74 Å². The third kappa shape index (κ3) is 4.28. The average molecular weight is 231 g/mol. The first-order valence-corrected chi connectivity index (χ1v) is 5.77. The highest BCUT2D eigenvalue weighted by Crippen LogP contribution is 2.11. The van der Waals surface area contributed by atoms with Crippen LogP contribution >= 0.6 is 0 Å². The second kappa shape index (κ2) is 6.70. The van der Waals surface area contributed by atoms with Gasteiger partial charge >= 0.3 is 5.97 Å². The van der Waals surface area contributed by atoms with E-state index in [9.17, 15) is 4.79 Å². The zero-order chi connectivity index (χ0) is 12.7. The molecule has 0 aromatic heterocycles. The maximum Gasteiger partial charge on any atom is 0.338 e. The Morgan fingerprint density at radius 2 is 2.12 bits per heavy atom. The Labute approximate surface area is 102 Å². The smallest absolute Gasteiger partial charge is 0.338 e. The molecule has 0 saturated carbocycles. The van der Waals surface area contributed by atoms with Gasteiger partial charge in [0, 0.05) is 0 Å². The summed E-state index contributed by atoms with van der Waals surface area (Å²) in [6, 6.07) is 9.12. The second-order valence-electron chi connectivity index (χ2n) is 4.31. The van der Waals surface area contributed by atoms with Gasteiger partial charge in [0.1, 0.15) is 0 Å². The molecule has 0 amide bonds. The van der Waals surface area contributed by atoms with Gasteiger partial charge in [-0.25, -0.2) is 4.79 Å². The monoisotopic (exact) mass is 231 g/mol. The van der Waals surface area contributed by atoms with Crippen LogP contribution in [0.4, 0.5) is 0 Å². The van der Waals surface area contributed by atoms with Gasteiger partial charge in [-0.1, -0.05) is 32.0 Å². The number of carbonyl (C=O) groups is 1. The predicted molar refractivity (Wildman–Crippen MR) is 65.5 cm³/mol. The molecule has 0 radical (unpaired) electrons. The van der Waals surface area contributed by atoms with Crippen LogP contribution in [0.3, 0.4) is 0 Å². The number of rotatable bonds is 5. The van der Waals surface area contributed by atoms with Gasteiger partial charge in [-0.3, -0.25) is 0 Å². The first-order valence-electron chi connectivity index (χ1n) is 5.77. The number of hydrogen-bond donors (Lipinski definition) is 0. The van der Waals surface area contributed by atoms with E-state index in [0.717, 1.165) is 12.0 Å². The quantitative estimate of drug-likeness (QED) is 0.732. The summed E-state index contributed by atoms with van der Waals surface area (Å²) < 4.78 is 5.18. The van der Waals surface area contributed by atoms with Crippen molar-refractivity contribution in [1.82, 2.24) is 0 Å². The van der Waals surface area contributed by atoms with Gasteiger partial charge in [0.25, 0.3) is 0 Å². The van der Waals surface area contributed by atoms with Crippen LogP contribution in [-0.4, -0.2) is 12.6 Å². The first-order chi connectivity index (χ1) is 8.15. The van der Waals surface area contributed by atoms with Gasteiger partial charge in [-0.2, -0.15) is 5.26 Å². The van der Waals surface area contributed by atoms with Gasteiger partial charge in [0.2, 0.25) is 0 Å². The van der Waals surface area contributed by atoms with Crippen molar-refractivity contribution in [2.45, 2.75) is 26.7 Å². The van der Waals surface area contributed by atoms with Gasteiger partial charge in [0.15, 0.2) is 0 Å². The lowest BCUT2D eigenvalue weighted by Gasteiger charge is -2.08. The number of benzene rings is 1. The maximum absolute atomic E-state index is 11.8. The Hall–Kier alpha value is -1.82. The van der Waals surface area contributed by atoms with E-state index in [4.69, 9.17) is 10.00 Å². The van der Waals surface area contributed by atoms with Crippen molar-refractivity contribution in [2.75, 3.05) is 6.61 Å². The van der Waals surface area contributed by atoms with E-state index < -0.39 is 0 Å². The molecular formula is C14H17NO2. The molecule has 0 unspecified atom stereocenters. The summed E-state index contributed by atoms with van der Waals surface area (Å²) in [7, 11) is 0. The van der Waals surface area contributed by atoms with Crippen LogP contribution < -0.4 is 0 Å². The molecule has 3 nitrogen and oxygen atoms in total. The van der Waals surface area contributed by atoms with E-state index in [2.05, 4.69) is 13.8 Å². The number of esters is 1. The molecule has 0 saturated heterocycles. The number of hydrogen-bond acceptors (Lipinski definition) is 3. The van der Waals surface area contributed by atoms with Crippen molar-refractivity contribution in [1.29, 1.82) is 5.26 Å². The summed E-state index contributed by atoms with van der Waals surface area (Å²) in [6.45, 7) is 4.59. The lowest BCUT2D eigenvalue weighted by molar-refractivity contribution is 0.0487. The zero-order valence-corrected chi connectivity index (χ0v) is 10.3. The number of nitrogens with zero attached hydrogens (tertiary/aromatic N) is 1. The van der Waals surface area contributed by atoms with Crippen LogP contribution in [0.2, 0.25) is 0 Å². The molecule has 0 heterocycles. The third-order valence-corrected chi connectivity index (χ3v) is 2.44. The fourth-order valence-electron chi connectivity index (χ4n) is 1.42. The molecule has 0 aliphatic rings. The fourth-order valence-corrected chi connectivity index (χ4v) is 1.42. The normalized spacial score (nSPS) is 10.0. The van der Waals surface area contributed by atoms with Gasteiger partial charge in [-0.05, 0) is 24.0 Å². The molecule has 1 aromatic carbocycles. The van der Waals surface area contributed by atoms with E-state index in [1.54, 1.807) is 18.2 Å². The standard InChI is InChI=1S/C14H17NO2/c1-11(2)8-10-17-14(16)13-6-4-3-5-12(13)7-9-15/h3-6,11H,7-8,10H2,1-2H3. The minimum absolute atomic E-state index is 0.232. The molecule has 0 N–H and O–H groups in total. The SMILES string of the molecule is CC(C)CCOC(=O)c1ccccc1CC#N. The maximum atomic E-state index is 11.8. The first kappa shape index (κ1) is 13.2. The van der Waals surface area contributed by atoms with Gasteiger partial charge in [0.05, 0.1) is 24.7 Å². The Morgan fingerprint density at radius 1 is 1.41 bits per heavy atom. The van der Waals surface area contributed by atoms with Crippen molar-refractivity contribution in [3.05, 3.63) is 35.4 Å². The van der Waals surface area contributed by atoms with Crippen LogP contribution in [0.15, 0.2) is 24.3 Å². The molecule has 0 aliphatic carbocycles. The molecule has 0 spiro atoms. The fraction of sp³-hybridized carbons (Fsp3) is 0.429. The van der Waals surface area contributed by atoms with E-state index in [1.807, 2.05) is 12.1 Å². The van der Waals surface area contributed by atoms with E-state index in [1.165, 1.54) is 0 Å². The van der Waals surface area contributed by atoms with Crippen molar-refractivity contribution >= 4 is 5.97 Å². The molecule has 90 valence electrons. The summed E-state index contributed by atoms with van der Waals surface area (Å²) in [5, 5.41) is 8.67. The van der Waals surface area contributed by atoms with Crippen LogP contribution in [0.5, 0.6) is 0 Å². The zero-order valence-electron chi connectivity index (χ0n) is 10.3. The lowest BCUT2D eigenvalue weighted by atomic mass is 10.1. The molecular weight excluding hydrogens is 214 g/mol. The number of nitriles is 1. The third-order valence-electron chi connectivity index (χ3n) is 2.44. The van der Waals surface area contributed by atoms with Crippen molar-refractivity contribution in [3.63, 3.8) is 0 Å². The van der Waals surface area contributed by atoms with E-state index in [0.29, 0.717) is 18.1 Å². The molecule has 0 atom stereocenters. The summed E-state index contributed by atoms with van der Waals surface area (Å²) in [5.41, 5.74) is 1.22. The van der Waals surface area contributed by atoms with Crippen molar-refractivity contribution < 1.29 is 9.53 Å².